The number of rotatable bonds is 11. The Morgan fingerprint density at radius 3 is 2.25 bits per heavy atom. The zero-order valence-electron chi connectivity index (χ0n) is 16.5. The molecule has 2 rings (SSSR count). The van der Waals surface area contributed by atoms with E-state index in [1.807, 2.05) is 37.3 Å². The second-order valence-corrected chi connectivity index (χ2v) is 6.95. The van der Waals surface area contributed by atoms with Crippen LogP contribution in [0.15, 0.2) is 48.5 Å². The van der Waals surface area contributed by atoms with Crippen LogP contribution < -0.4 is 9.47 Å². The molecule has 2 aromatic carbocycles. The first-order chi connectivity index (χ1) is 13.3. The van der Waals surface area contributed by atoms with Gasteiger partial charge in [-0.15, -0.1) is 0 Å². The number of hydrogen-bond acceptors (Lipinski definition) is 5. The minimum Gasteiger partial charge on any atom is -0.491 e. The van der Waals surface area contributed by atoms with Crippen molar-refractivity contribution in [3.05, 3.63) is 59.7 Å². The van der Waals surface area contributed by atoms with Gasteiger partial charge in [-0.3, -0.25) is 0 Å². The van der Waals surface area contributed by atoms with E-state index in [-0.39, 0.29) is 25.7 Å². The average molecular weight is 388 g/mol. The molecule has 0 aliphatic carbocycles. The van der Waals surface area contributed by atoms with E-state index in [9.17, 15) is 15.0 Å². The Morgan fingerprint density at radius 1 is 1.00 bits per heavy atom. The van der Waals surface area contributed by atoms with Crippen LogP contribution in [0.3, 0.4) is 0 Å². The van der Waals surface area contributed by atoms with Gasteiger partial charge in [0, 0.05) is 6.42 Å². The quantitative estimate of drug-likeness (QED) is 0.615. The molecule has 28 heavy (non-hydrogen) atoms. The highest BCUT2D eigenvalue weighted by Gasteiger charge is 2.20. The summed E-state index contributed by atoms with van der Waals surface area (Å²) in [7, 11) is 0. The molecule has 0 unspecified atom stereocenters. The topological polar surface area (TPSA) is 85.2 Å². The van der Waals surface area contributed by atoms with Crippen LogP contribution >= 0.6 is 0 Å². The lowest BCUT2D eigenvalue weighted by molar-refractivity contribution is -0.153. The molecule has 0 spiro atoms. The second-order valence-electron chi connectivity index (χ2n) is 6.95. The summed E-state index contributed by atoms with van der Waals surface area (Å²) in [5, 5.41) is 19.4. The number of aliphatic hydroxyl groups excluding tert-OH is 1. The average Bonchev–Trinajstić information content (AvgIpc) is 2.65. The number of carboxylic acid groups (broad SMARTS) is 1. The van der Waals surface area contributed by atoms with Crippen molar-refractivity contribution in [2.45, 2.75) is 45.5 Å². The molecular formula is C22H28O6. The van der Waals surface area contributed by atoms with E-state index < -0.39 is 18.2 Å². The van der Waals surface area contributed by atoms with Gasteiger partial charge in [-0.2, -0.15) is 0 Å². The van der Waals surface area contributed by atoms with Gasteiger partial charge < -0.3 is 24.4 Å². The minimum atomic E-state index is -0.997. The molecule has 0 aromatic heterocycles. The Morgan fingerprint density at radius 2 is 1.64 bits per heavy atom. The Labute approximate surface area is 165 Å². The zero-order valence-corrected chi connectivity index (χ0v) is 16.5. The highest BCUT2D eigenvalue weighted by molar-refractivity contribution is 5.72. The van der Waals surface area contributed by atoms with Crippen LogP contribution in [0, 0.1) is 6.92 Å². The predicted molar refractivity (Wildman–Crippen MR) is 106 cm³/mol. The fourth-order valence-electron chi connectivity index (χ4n) is 2.57. The van der Waals surface area contributed by atoms with Crippen molar-refractivity contribution in [2.75, 3.05) is 13.2 Å². The van der Waals surface area contributed by atoms with Crippen molar-refractivity contribution in [1.29, 1.82) is 0 Å². The molecule has 0 radical (unpaired) electrons. The normalized spacial score (nSPS) is 13.2. The first-order valence-electron chi connectivity index (χ1n) is 9.31. The van der Waals surface area contributed by atoms with Gasteiger partial charge in [-0.05, 0) is 50.6 Å². The van der Waals surface area contributed by atoms with Crippen LogP contribution in [0.4, 0.5) is 0 Å². The third kappa shape index (κ3) is 7.58. The Balaban J connectivity index is 1.84. The maximum Gasteiger partial charge on any atom is 0.333 e. The zero-order chi connectivity index (χ0) is 20.5. The Hall–Kier alpha value is -2.57. The van der Waals surface area contributed by atoms with Crippen molar-refractivity contribution in [3.63, 3.8) is 0 Å². The van der Waals surface area contributed by atoms with E-state index in [2.05, 4.69) is 0 Å². The van der Waals surface area contributed by atoms with Gasteiger partial charge >= 0.3 is 5.97 Å². The van der Waals surface area contributed by atoms with E-state index in [0.29, 0.717) is 11.5 Å². The smallest absolute Gasteiger partial charge is 0.333 e. The van der Waals surface area contributed by atoms with Gasteiger partial charge in [-0.25, -0.2) is 4.79 Å². The standard InChI is InChI=1S/C22H28O6/c1-15(2)28-21(22(24)25)12-17-5-4-6-20(11-17)27-14-18(23)13-26-19-9-7-16(3)8-10-19/h4-11,15,18,21,23H,12-14H2,1-3H3,(H,24,25)/t18-,21-/m0/s1. The summed E-state index contributed by atoms with van der Waals surface area (Å²) in [5.74, 6) is 0.251. The van der Waals surface area contributed by atoms with Crippen molar-refractivity contribution < 1.29 is 29.2 Å². The molecule has 0 bridgehead atoms. The van der Waals surface area contributed by atoms with E-state index in [1.54, 1.807) is 32.0 Å². The number of aliphatic hydroxyl groups is 1. The largest absolute Gasteiger partial charge is 0.491 e. The number of aryl methyl sites for hydroxylation is 1. The maximum atomic E-state index is 11.3. The lowest BCUT2D eigenvalue weighted by Crippen LogP contribution is -2.29. The lowest BCUT2D eigenvalue weighted by atomic mass is 10.1. The molecule has 0 amide bonds. The van der Waals surface area contributed by atoms with Crippen LogP contribution in [-0.2, 0) is 16.0 Å². The summed E-state index contributed by atoms with van der Waals surface area (Å²) in [6.07, 6.45) is -1.64. The molecule has 0 aliphatic heterocycles. The molecule has 6 nitrogen and oxygen atoms in total. The van der Waals surface area contributed by atoms with Crippen LogP contribution in [0.5, 0.6) is 11.5 Å². The second kappa shape index (κ2) is 10.7. The lowest BCUT2D eigenvalue weighted by Gasteiger charge is -2.17. The van der Waals surface area contributed by atoms with Crippen LogP contribution in [0.1, 0.15) is 25.0 Å². The maximum absolute atomic E-state index is 11.3. The van der Waals surface area contributed by atoms with Gasteiger partial charge in [-0.1, -0.05) is 29.8 Å². The summed E-state index contributed by atoms with van der Waals surface area (Å²) in [4.78, 5) is 11.3. The fourth-order valence-corrected chi connectivity index (χ4v) is 2.57. The molecule has 152 valence electrons. The molecule has 0 saturated heterocycles. The first kappa shape index (κ1) is 21.7. The summed E-state index contributed by atoms with van der Waals surface area (Å²) >= 11 is 0. The number of hydrogen-bond donors (Lipinski definition) is 2. The minimum absolute atomic E-state index is 0.0696. The molecule has 0 aliphatic rings. The van der Waals surface area contributed by atoms with Crippen LogP contribution in [0.2, 0.25) is 0 Å². The van der Waals surface area contributed by atoms with Gasteiger partial charge in [0.05, 0.1) is 6.10 Å². The monoisotopic (exact) mass is 388 g/mol. The van der Waals surface area contributed by atoms with Gasteiger partial charge in [0.2, 0.25) is 0 Å². The van der Waals surface area contributed by atoms with Crippen molar-refractivity contribution in [1.82, 2.24) is 0 Å². The van der Waals surface area contributed by atoms with E-state index in [4.69, 9.17) is 14.2 Å². The predicted octanol–water partition coefficient (Wildman–Crippen LogP) is 3.23. The molecular weight excluding hydrogens is 360 g/mol. The Kier molecular flexibility index (Phi) is 8.29. The third-order valence-electron chi connectivity index (χ3n) is 3.94. The third-order valence-corrected chi connectivity index (χ3v) is 3.94. The van der Waals surface area contributed by atoms with E-state index in [1.165, 1.54) is 0 Å². The molecule has 2 N–H and O–H groups in total. The molecule has 0 saturated carbocycles. The van der Waals surface area contributed by atoms with Gasteiger partial charge in [0.1, 0.15) is 30.8 Å². The van der Waals surface area contributed by atoms with Crippen molar-refractivity contribution >= 4 is 5.97 Å². The first-order valence-corrected chi connectivity index (χ1v) is 9.31. The molecule has 2 aromatic rings. The summed E-state index contributed by atoms with van der Waals surface area (Å²) in [6, 6.07) is 14.7. The number of carboxylic acids is 1. The number of benzene rings is 2. The molecule has 6 heteroatoms. The van der Waals surface area contributed by atoms with E-state index >= 15 is 0 Å². The SMILES string of the molecule is Cc1ccc(OC[C@H](O)COc2cccc(C[C@H](OC(C)C)C(=O)O)c2)cc1. The molecule has 0 fully saturated rings. The highest BCUT2D eigenvalue weighted by Crippen LogP contribution is 2.17. The summed E-state index contributed by atoms with van der Waals surface area (Å²) in [5.41, 5.74) is 1.93. The molecule has 0 heterocycles. The van der Waals surface area contributed by atoms with Gasteiger partial charge in [0.25, 0.3) is 0 Å². The number of carbonyl (C=O) groups is 1. The van der Waals surface area contributed by atoms with Crippen LogP contribution in [-0.4, -0.2) is 47.7 Å². The fraction of sp³-hybridized carbons (Fsp3) is 0.409. The van der Waals surface area contributed by atoms with Gasteiger partial charge in [0.15, 0.2) is 6.10 Å². The van der Waals surface area contributed by atoms with E-state index in [0.717, 1.165) is 11.1 Å². The van der Waals surface area contributed by atoms with Crippen molar-refractivity contribution in [2.24, 2.45) is 0 Å². The highest BCUT2D eigenvalue weighted by atomic mass is 16.5. The van der Waals surface area contributed by atoms with Crippen LogP contribution in [0.25, 0.3) is 0 Å². The number of aliphatic carboxylic acids is 1. The summed E-state index contributed by atoms with van der Waals surface area (Å²) < 4.78 is 16.6. The summed E-state index contributed by atoms with van der Waals surface area (Å²) in [6.45, 7) is 5.78. The number of ether oxygens (including phenoxy) is 3. The Bertz CT molecular complexity index is 741. The molecule has 2 atom stereocenters. The van der Waals surface area contributed by atoms with Crippen molar-refractivity contribution in [3.8, 4) is 11.5 Å².